The van der Waals surface area contributed by atoms with Gasteiger partial charge in [-0.15, -0.1) is 5.54 Å². The maximum absolute atomic E-state index is 3.25. The Balaban J connectivity index is 3.92. The lowest BCUT2D eigenvalue weighted by Crippen LogP contribution is -2.16. The summed E-state index contributed by atoms with van der Waals surface area (Å²) >= 11 is 0. The van der Waals surface area contributed by atoms with E-state index in [1.54, 1.807) is 0 Å². The number of rotatable bonds is 1. The lowest BCUT2D eigenvalue weighted by Gasteiger charge is -2.01. The van der Waals surface area contributed by atoms with Gasteiger partial charge in [0.15, 0.2) is 0 Å². The average molecular weight is 164 g/mol. The third-order valence-electron chi connectivity index (χ3n) is 0.930. The van der Waals surface area contributed by atoms with Gasteiger partial charge in [-0.3, -0.25) is 0 Å². The van der Waals surface area contributed by atoms with Crippen molar-refractivity contribution < 1.29 is 0 Å². The topological polar surface area (TPSA) is 0 Å². The van der Waals surface area contributed by atoms with Crippen LogP contribution < -0.4 is 0 Å². The smallest absolute Gasteiger partial charge is 0.127 e. The summed E-state index contributed by atoms with van der Waals surface area (Å²) in [6, 6.07) is 0. The lowest BCUT2D eigenvalue weighted by atomic mass is 10.4. The minimum absolute atomic E-state index is 1.15. The molecule has 0 fully saturated rings. The molecule has 0 spiro atoms. The van der Waals surface area contributed by atoms with Crippen molar-refractivity contribution >= 4 is 8.07 Å². The first-order valence-electron chi connectivity index (χ1n) is 3.87. The van der Waals surface area contributed by atoms with Crippen molar-refractivity contribution in [3.05, 3.63) is 24.3 Å². The van der Waals surface area contributed by atoms with Crippen LogP contribution in [0.25, 0.3) is 0 Å². The van der Waals surface area contributed by atoms with Crippen LogP contribution in [0.5, 0.6) is 0 Å². The lowest BCUT2D eigenvalue weighted by molar-refractivity contribution is 1.74. The first-order valence-corrected chi connectivity index (χ1v) is 7.37. The molecule has 0 aromatic carbocycles. The Morgan fingerprint density at radius 2 is 1.73 bits per heavy atom. The van der Waals surface area contributed by atoms with Gasteiger partial charge in [-0.05, 0) is 13.0 Å². The van der Waals surface area contributed by atoms with Crippen LogP contribution in [0.4, 0.5) is 0 Å². The third-order valence-corrected chi connectivity index (χ3v) is 1.82. The van der Waals surface area contributed by atoms with Gasteiger partial charge in [-0.2, -0.15) is 0 Å². The van der Waals surface area contributed by atoms with Crippen molar-refractivity contribution in [2.75, 3.05) is 0 Å². The molecule has 0 amide bonds. The van der Waals surface area contributed by atoms with Gasteiger partial charge in [0.2, 0.25) is 0 Å². The van der Waals surface area contributed by atoms with E-state index < -0.39 is 8.07 Å². The zero-order valence-electron chi connectivity index (χ0n) is 7.81. The zero-order chi connectivity index (χ0) is 8.74. The van der Waals surface area contributed by atoms with Crippen LogP contribution in [0.3, 0.4) is 0 Å². The zero-order valence-corrected chi connectivity index (χ0v) is 8.81. The number of allylic oxidation sites excluding steroid dienone is 4. The molecule has 1 heteroatoms. The van der Waals surface area contributed by atoms with E-state index in [1.165, 1.54) is 0 Å². The molecule has 0 unspecified atom stereocenters. The largest absolute Gasteiger partial charge is 0.129 e. The molecule has 0 bridgehead atoms. The van der Waals surface area contributed by atoms with E-state index >= 15 is 0 Å². The molecule has 0 aromatic rings. The maximum atomic E-state index is 3.25. The fourth-order valence-electron chi connectivity index (χ4n) is 0.473. The van der Waals surface area contributed by atoms with E-state index in [2.05, 4.69) is 31.1 Å². The second-order valence-electron chi connectivity index (χ2n) is 3.40. The quantitative estimate of drug-likeness (QED) is 0.317. The molecule has 0 aliphatic carbocycles. The Labute approximate surface area is 71.0 Å². The predicted octanol–water partition coefficient (Wildman–Crippen LogP) is 3.00. The molecule has 0 aromatic heterocycles. The van der Waals surface area contributed by atoms with Crippen LogP contribution in [0.15, 0.2) is 24.3 Å². The SMILES string of the molecule is C/C=C/C=C\C#C[Si](C)(C)C. The molecule has 0 saturated carbocycles. The summed E-state index contributed by atoms with van der Waals surface area (Å²) in [7, 11) is -1.15. The molecule has 0 N–H and O–H groups in total. The van der Waals surface area contributed by atoms with Crippen LogP contribution in [-0.4, -0.2) is 8.07 Å². The summed E-state index contributed by atoms with van der Waals surface area (Å²) in [5.41, 5.74) is 3.25. The Morgan fingerprint density at radius 1 is 1.09 bits per heavy atom. The van der Waals surface area contributed by atoms with Crippen LogP contribution in [-0.2, 0) is 0 Å². The molecule has 0 nitrogen and oxygen atoms in total. The molecular formula is C10H16Si. The minimum Gasteiger partial charge on any atom is -0.127 e. The van der Waals surface area contributed by atoms with Crippen molar-refractivity contribution in [2.24, 2.45) is 0 Å². The van der Waals surface area contributed by atoms with Gasteiger partial charge >= 0.3 is 0 Å². The molecule has 0 atom stereocenters. The normalized spacial score (nSPS) is 12.0. The van der Waals surface area contributed by atoms with Crippen molar-refractivity contribution in [1.29, 1.82) is 0 Å². The van der Waals surface area contributed by atoms with E-state index in [0.29, 0.717) is 0 Å². The van der Waals surface area contributed by atoms with E-state index in [0.717, 1.165) is 0 Å². The van der Waals surface area contributed by atoms with Crippen molar-refractivity contribution in [3.63, 3.8) is 0 Å². The molecule has 60 valence electrons. The summed E-state index contributed by atoms with van der Waals surface area (Å²) in [6.07, 6.45) is 7.84. The molecule has 0 heterocycles. The minimum atomic E-state index is -1.15. The summed E-state index contributed by atoms with van der Waals surface area (Å²) in [5, 5.41) is 0. The molecule has 11 heavy (non-hydrogen) atoms. The van der Waals surface area contributed by atoms with Gasteiger partial charge in [0.1, 0.15) is 8.07 Å². The fraction of sp³-hybridized carbons (Fsp3) is 0.400. The molecule has 0 aliphatic heterocycles. The number of hydrogen-bond acceptors (Lipinski definition) is 0. The first kappa shape index (κ1) is 10.3. The first-order chi connectivity index (χ1) is 5.06. The predicted molar refractivity (Wildman–Crippen MR) is 55.1 cm³/mol. The monoisotopic (exact) mass is 164 g/mol. The maximum Gasteiger partial charge on any atom is 0.129 e. The second kappa shape index (κ2) is 4.98. The van der Waals surface area contributed by atoms with E-state index in [4.69, 9.17) is 0 Å². The van der Waals surface area contributed by atoms with Gasteiger partial charge in [0.25, 0.3) is 0 Å². The highest BCUT2D eigenvalue weighted by molar-refractivity contribution is 6.83. The highest BCUT2D eigenvalue weighted by Crippen LogP contribution is 1.95. The average Bonchev–Trinajstić information content (AvgIpc) is 1.85. The Bertz CT molecular complexity index is 205. The van der Waals surface area contributed by atoms with Crippen LogP contribution >= 0.6 is 0 Å². The van der Waals surface area contributed by atoms with Gasteiger partial charge < -0.3 is 0 Å². The Morgan fingerprint density at radius 3 is 2.18 bits per heavy atom. The van der Waals surface area contributed by atoms with Crippen molar-refractivity contribution in [2.45, 2.75) is 26.6 Å². The van der Waals surface area contributed by atoms with Crippen molar-refractivity contribution in [3.8, 4) is 11.5 Å². The summed E-state index contributed by atoms with van der Waals surface area (Å²) in [4.78, 5) is 0. The van der Waals surface area contributed by atoms with Crippen molar-refractivity contribution in [1.82, 2.24) is 0 Å². The van der Waals surface area contributed by atoms with Gasteiger partial charge in [-0.25, -0.2) is 0 Å². The van der Waals surface area contributed by atoms with Crippen LogP contribution in [0.1, 0.15) is 6.92 Å². The highest BCUT2D eigenvalue weighted by Gasteiger charge is 2.06. The summed E-state index contributed by atoms with van der Waals surface area (Å²) < 4.78 is 0. The third kappa shape index (κ3) is 9.26. The van der Waals surface area contributed by atoms with E-state index in [9.17, 15) is 0 Å². The molecular weight excluding hydrogens is 148 g/mol. The van der Waals surface area contributed by atoms with Gasteiger partial charge in [0.05, 0.1) is 0 Å². The van der Waals surface area contributed by atoms with Gasteiger partial charge in [-0.1, -0.05) is 43.8 Å². The van der Waals surface area contributed by atoms with Crippen LogP contribution in [0.2, 0.25) is 19.6 Å². The fourth-order valence-corrected chi connectivity index (χ4v) is 0.989. The molecule has 0 aliphatic rings. The van der Waals surface area contributed by atoms with Gasteiger partial charge in [0, 0.05) is 0 Å². The van der Waals surface area contributed by atoms with Crippen LogP contribution in [0, 0.1) is 11.5 Å². The molecule has 0 rings (SSSR count). The number of hydrogen-bond donors (Lipinski definition) is 0. The summed E-state index contributed by atoms with van der Waals surface area (Å²) in [6.45, 7) is 8.72. The van der Waals surface area contributed by atoms with E-state index in [1.807, 2.05) is 31.2 Å². The van der Waals surface area contributed by atoms with E-state index in [-0.39, 0.29) is 0 Å². The summed E-state index contributed by atoms with van der Waals surface area (Å²) in [5.74, 6) is 3.04. The Kier molecular flexibility index (Phi) is 4.64. The Hall–Kier alpha value is -0.743. The molecule has 0 saturated heterocycles. The standard InChI is InChI=1S/C10H16Si/c1-5-6-7-8-9-10-11(2,3)4/h5-8H,1-4H3/b6-5+,8-7-. The second-order valence-corrected chi connectivity index (χ2v) is 8.15. The highest BCUT2D eigenvalue weighted by atomic mass is 28.3. The molecule has 0 radical (unpaired) electrons.